The second kappa shape index (κ2) is 11.6. The van der Waals surface area contributed by atoms with Crippen LogP contribution >= 0.6 is 23.1 Å². The fourth-order valence-electron chi connectivity index (χ4n) is 4.78. The Balaban J connectivity index is 1.35. The van der Waals surface area contributed by atoms with E-state index in [0.717, 1.165) is 39.1 Å². The smallest absolute Gasteiger partial charge is 0.341 e. The minimum atomic E-state index is -1.05. The molecule has 2 heterocycles. The maximum absolute atomic E-state index is 13.3. The highest BCUT2D eigenvalue weighted by Gasteiger charge is 2.31. The molecule has 0 aliphatic heterocycles. The molecule has 11 heteroatoms. The Bertz CT molecular complexity index is 1590. The van der Waals surface area contributed by atoms with E-state index in [1.807, 2.05) is 35.9 Å². The van der Waals surface area contributed by atoms with Crippen LogP contribution in [0.25, 0.3) is 16.1 Å². The number of carbonyl (C=O) groups is 3. The van der Waals surface area contributed by atoms with Crippen LogP contribution in [0.2, 0.25) is 0 Å². The summed E-state index contributed by atoms with van der Waals surface area (Å²) in [5, 5.41) is 12.2. The Labute approximate surface area is 239 Å². The second-order valence-corrected chi connectivity index (χ2v) is 11.0. The third kappa shape index (κ3) is 5.14. The van der Waals surface area contributed by atoms with Gasteiger partial charge in [0, 0.05) is 10.6 Å². The molecular weight excluding hydrogens is 548 g/mol. The maximum Gasteiger partial charge on any atom is 0.341 e. The predicted molar refractivity (Wildman–Crippen MR) is 155 cm³/mol. The molecule has 2 aromatic heterocycles. The fraction of sp³-hybridized carbons (Fsp3) is 0.276. The molecule has 1 unspecified atom stereocenters. The molecule has 1 N–H and O–H groups in total. The number of nitrogens with one attached hydrogen (secondary N) is 1. The molecule has 1 atom stereocenters. The molecule has 40 heavy (non-hydrogen) atoms. The van der Waals surface area contributed by atoms with E-state index in [1.54, 1.807) is 31.2 Å². The van der Waals surface area contributed by atoms with Crippen LogP contribution < -0.4 is 5.32 Å². The normalized spacial score (nSPS) is 12.7. The van der Waals surface area contributed by atoms with Crippen molar-refractivity contribution < 1.29 is 23.9 Å². The average Bonchev–Trinajstić information content (AvgIpc) is 3.55. The van der Waals surface area contributed by atoms with E-state index in [2.05, 4.69) is 21.6 Å². The summed E-state index contributed by atoms with van der Waals surface area (Å²) in [6.07, 6.45) is 2.58. The zero-order valence-corrected chi connectivity index (χ0v) is 24.1. The monoisotopic (exact) mass is 576 g/mol. The largest absolute Gasteiger partial charge is 0.465 e. The number of benzene rings is 2. The lowest BCUT2D eigenvalue weighted by molar-refractivity contribution is -0.124. The minimum absolute atomic E-state index is 0.258. The average molecular weight is 577 g/mol. The number of ether oxygens (including phenoxy) is 2. The highest BCUT2D eigenvalue weighted by atomic mass is 32.2. The molecule has 0 fully saturated rings. The van der Waals surface area contributed by atoms with Crippen molar-refractivity contribution in [3.8, 4) is 16.1 Å². The lowest BCUT2D eigenvalue weighted by Gasteiger charge is -2.17. The van der Waals surface area contributed by atoms with E-state index < -0.39 is 23.9 Å². The van der Waals surface area contributed by atoms with Crippen molar-refractivity contribution in [3.05, 3.63) is 76.6 Å². The van der Waals surface area contributed by atoms with Gasteiger partial charge in [-0.3, -0.25) is 9.36 Å². The zero-order valence-electron chi connectivity index (χ0n) is 22.5. The quantitative estimate of drug-likeness (QED) is 0.217. The number of fused-ring (bicyclic) bond motifs is 3. The third-order valence-corrected chi connectivity index (χ3v) is 8.60. The van der Waals surface area contributed by atoms with Crippen molar-refractivity contribution in [1.29, 1.82) is 0 Å². The van der Waals surface area contributed by atoms with Gasteiger partial charge in [0.2, 0.25) is 0 Å². The summed E-state index contributed by atoms with van der Waals surface area (Å²) in [5.74, 6) is -0.904. The number of aromatic nitrogens is 3. The summed E-state index contributed by atoms with van der Waals surface area (Å²) in [4.78, 5) is 40.0. The molecular formula is C29H28N4O5S2. The van der Waals surface area contributed by atoms with Gasteiger partial charge < -0.3 is 14.8 Å². The summed E-state index contributed by atoms with van der Waals surface area (Å²) in [7, 11) is 1.32. The molecule has 1 amide bonds. The van der Waals surface area contributed by atoms with Crippen molar-refractivity contribution in [3.63, 3.8) is 0 Å². The summed E-state index contributed by atoms with van der Waals surface area (Å²) >= 11 is 2.81. The van der Waals surface area contributed by atoms with Gasteiger partial charge in [-0.2, -0.15) is 0 Å². The molecule has 0 saturated heterocycles. The molecule has 9 nitrogen and oxygen atoms in total. The van der Waals surface area contributed by atoms with Gasteiger partial charge in [0.25, 0.3) is 5.91 Å². The first kappa shape index (κ1) is 27.6. The Kier molecular flexibility index (Phi) is 8.04. The van der Waals surface area contributed by atoms with Crippen LogP contribution in [0.3, 0.4) is 0 Å². The Morgan fingerprint density at radius 3 is 2.52 bits per heavy atom. The predicted octanol–water partition coefficient (Wildman–Crippen LogP) is 5.49. The molecule has 4 aromatic rings. The summed E-state index contributed by atoms with van der Waals surface area (Å²) in [6, 6.07) is 14.9. The Morgan fingerprint density at radius 1 is 1.07 bits per heavy atom. The molecule has 1 aliphatic rings. The highest BCUT2D eigenvalue weighted by Crippen LogP contribution is 2.45. The Hall–Kier alpha value is -3.96. The molecule has 1 aliphatic carbocycles. The molecule has 206 valence electrons. The minimum Gasteiger partial charge on any atom is -0.465 e. The van der Waals surface area contributed by atoms with Crippen LogP contribution in [-0.4, -0.2) is 52.1 Å². The summed E-state index contributed by atoms with van der Waals surface area (Å²) in [5.41, 5.74) is 4.59. The van der Waals surface area contributed by atoms with E-state index in [4.69, 9.17) is 9.47 Å². The van der Waals surface area contributed by atoms with Crippen LogP contribution in [0.15, 0.2) is 53.7 Å². The topological polar surface area (TPSA) is 112 Å². The molecule has 5 rings (SSSR count). The van der Waals surface area contributed by atoms with Gasteiger partial charge in [0.05, 0.1) is 18.2 Å². The van der Waals surface area contributed by atoms with Gasteiger partial charge >= 0.3 is 11.9 Å². The molecule has 0 bridgehead atoms. The number of thioether (sulfide) groups is 1. The van der Waals surface area contributed by atoms with Crippen LogP contribution in [0.4, 0.5) is 5.00 Å². The number of amides is 1. The van der Waals surface area contributed by atoms with Crippen molar-refractivity contribution in [2.24, 2.45) is 0 Å². The molecule has 0 saturated carbocycles. The van der Waals surface area contributed by atoms with Gasteiger partial charge in [0.1, 0.15) is 10.8 Å². The van der Waals surface area contributed by atoms with E-state index in [-0.39, 0.29) is 6.42 Å². The van der Waals surface area contributed by atoms with E-state index in [9.17, 15) is 14.4 Å². The maximum atomic E-state index is 13.3. The number of anilines is 1. The fourth-order valence-corrected chi connectivity index (χ4v) is 6.62. The SMILES string of the molecule is CCC(OC(=O)c1ccc(-n2c(C)nnc2SC)cc1)C(=O)Nc1sc2c(c1C(=O)OC)CCc1ccccc1-2. The van der Waals surface area contributed by atoms with Crippen molar-refractivity contribution in [1.82, 2.24) is 14.8 Å². The number of hydrogen-bond donors (Lipinski definition) is 1. The van der Waals surface area contributed by atoms with Crippen LogP contribution in [0.1, 0.15) is 51.0 Å². The van der Waals surface area contributed by atoms with Gasteiger partial charge in [-0.15, -0.1) is 21.5 Å². The summed E-state index contributed by atoms with van der Waals surface area (Å²) < 4.78 is 12.6. The number of rotatable bonds is 8. The number of methoxy groups -OCH3 is 1. The van der Waals surface area contributed by atoms with Crippen molar-refractivity contribution >= 4 is 45.9 Å². The van der Waals surface area contributed by atoms with Crippen LogP contribution in [-0.2, 0) is 27.1 Å². The van der Waals surface area contributed by atoms with Crippen molar-refractivity contribution in [2.45, 2.75) is 44.4 Å². The van der Waals surface area contributed by atoms with E-state index in [0.29, 0.717) is 22.5 Å². The second-order valence-electron chi connectivity index (χ2n) is 9.17. The number of hydrogen-bond acceptors (Lipinski definition) is 9. The van der Waals surface area contributed by atoms with Gasteiger partial charge in [-0.05, 0) is 73.4 Å². The van der Waals surface area contributed by atoms with Crippen molar-refractivity contribution in [2.75, 3.05) is 18.7 Å². The number of esters is 2. The van der Waals surface area contributed by atoms with Crippen LogP contribution in [0.5, 0.6) is 0 Å². The lowest BCUT2D eigenvalue weighted by atomic mass is 9.89. The third-order valence-electron chi connectivity index (χ3n) is 6.79. The molecule has 0 radical (unpaired) electrons. The van der Waals surface area contributed by atoms with Gasteiger partial charge in [-0.1, -0.05) is 43.0 Å². The standard InChI is InChI=1S/C29H28N4O5S2/c1-5-22(38-27(35)18-10-13-19(14-11-18)33-16(2)31-32-29(33)39-4)25(34)30-26-23(28(36)37-3)21-15-12-17-8-6-7-9-20(17)24(21)40-26/h6-11,13-14,22H,5,12,15H2,1-4H3,(H,30,34). The molecule has 2 aromatic carbocycles. The van der Waals surface area contributed by atoms with Gasteiger partial charge in [0.15, 0.2) is 11.3 Å². The number of nitrogens with zero attached hydrogens (tertiary/aromatic N) is 3. The summed E-state index contributed by atoms with van der Waals surface area (Å²) in [6.45, 7) is 3.62. The number of aryl methyl sites for hydroxylation is 2. The van der Waals surface area contributed by atoms with Crippen LogP contribution in [0, 0.1) is 6.92 Å². The van der Waals surface area contributed by atoms with Gasteiger partial charge in [-0.25, -0.2) is 9.59 Å². The first-order valence-electron chi connectivity index (χ1n) is 12.8. The number of thiophene rings is 1. The molecule has 0 spiro atoms. The Morgan fingerprint density at radius 2 is 1.82 bits per heavy atom. The first-order chi connectivity index (χ1) is 19.4. The van der Waals surface area contributed by atoms with E-state index >= 15 is 0 Å². The highest BCUT2D eigenvalue weighted by molar-refractivity contribution is 7.98. The number of carbonyl (C=O) groups excluding carboxylic acids is 3. The van der Waals surface area contributed by atoms with E-state index in [1.165, 1.54) is 35.8 Å². The first-order valence-corrected chi connectivity index (χ1v) is 14.8. The zero-order chi connectivity index (χ0) is 28.4. The lowest BCUT2D eigenvalue weighted by Crippen LogP contribution is -2.32.